The summed E-state index contributed by atoms with van der Waals surface area (Å²) in [4.78, 5) is 15.4. The molecule has 0 bridgehead atoms. The molecule has 3 nitrogen and oxygen atoms in total. The Labute approximate surface area is 108 Å². The van der Waals surface area contributed by atoms with E-state index in [9.17, 15) is 4.79 Å². The summed E-state index contributed by atoms with van der Waals surface area (Å²) in [5, 5.41) is 8.77. The monoisotopic (exact) mass is 245 g/mol. The quantitative estimate of drug-likeness (QED) is 0.810. The first kappa shape index (κ1) is 12.8. The first-order valence-corrected chi connectivity index (χ1v) is 6.41. The third-order valence-electron chi connectivity index (χ3n) is 3.73. The van der Waals surface area contributed by atoms with Crippen molar-refractivity contribution >= 4 is 11.5 Å². The van der Waals surface area contributed by atoms with E-state index in [1.54, 1.807) is 6.92 Å². The Bertz CT molecular complexity index is 505. The number of carboxylic acids is 1. The van der Waals surface area contributed by atoms with E-state index in [0.29, 0.717) is 17.4 Å². The molecule has 3 heteroatoms. The van der Waals surface area contributed by atoms with E-state index in [1.165, 1.54) is 18.1 Å². The lowest BCUT2D eigenvalue weighted by Crippen LogP contribution is -2.13. The summed E-state index contributed by atoms with van der Waals surface area (Å²) in [5.74, 6) is 0.101. The van der Waals surface area contributed by atoms with Crippen LogP contribution in [0.2, 0.25) is 0 Å². The molecule has 1 aromatic rings. The van der Waals surface area contributed by atoms with Gasteiger partial charge in [0.2, 0.25) is 0 Å². The van der Waals surface area contributed by atoms with E-state index < -0.39 is 5.97 Å². The minimum Gasteiger partial charge on any atom is -0.478 e. The first-order valence-electron chi connectivity index (χ1n) is 6.41. The van der Waals surface area contributed by atoms with Crippen LogP contribution in [0.3, 0.4) is 0 Å². The average molecular weight is 245 g/mol. The molecule has 18 heavy (non-hydrogen) atoms. The van der Waals surface area contributed by atoms with Gasteiger partial charge < -0.3 is 5.11 Å². The van der Waals surface area contributed by atoms with Gasteiger partial charge in [0.1, 0.15) is 0 Å². The van der Waals surface area contributed by atoms with E-state index >= 15 is 0 Å². The summed E-state index contributed by atoms with van der Waals surface area (Å²) >= 11 is 0. The van der Waals surface area contributed by atoms with Crippen LogP contribution >= 0.6 is 0 Å². The van der Waals surface area contributed by atoms with Gasteiger partial charge in [0.25, 0.3) is 0 Å². The number of hydrogen-bond donors (Lipinski definition) is 1. The molecule has 1 aromatic heterocycles. The van der Waals surface area contributed by atoms with Gasteiger partial charge in [0.15, 0.2) is 0 Å². The Morgan fingerprint density at radius 2 is 2.00 bits per heavy atom. The highest BCUT2D eigenvalue weighted by Crippen LogP contribution is 2.37. The molecule has 1 heterocycles. The molecule has 0 saturated carbocycles. The third kappa shape index (κ3) is 2.45. The maximum absolute atomic E-state index is 10.7. The predicted molar refractivity (Wildman–Crippen MR) is 71.6 cm³/mol. The van der Waals surface area contributed by atoms with Gasteiger partial charge in [0, 0.05) is 11.8 Å². The van der Waals surface area contributed by atoms with Crippen molar-refractivity contribution in [3.63, 3.8) is 0 Å². The van der Waals surface area contributed by atoms with E-state index in [2.05, 4.69) is 24.9 Å². The molecule has 2 atom stereocenters. The predicted octanol–water partition coefficient (Wildman–Crippen LogP) is 3.57. The molecule has 1 aliphatic carbocycles. The van der Waals surface area contributed by atoms with Crippen LogP contribution < -0.4 is 0 Å². The summed E-state index contributed by atoms with van der Waals surface area (Å²) in [5.41, 5.74) is 3.94. The van der Waals surface area contributed by atoms with Crippen molar-refractivity contribution in [2.24, 2.45) is 0 Å². The number of hydrogen-bond acceptors (Lipinski definition) is 2. The fourth-order valence-corrected chi connectivity index (χ4v) is 2.57. The number of rotatable bonds is 2. The Morgan fingerprint density at radius 3 is 2.67 bits per heavy atom. The van der Waals surface area contributed by atoms with Crippen molar-refractivity contribution in [2.45, 2.75) is 45.4 Å². The number of fused-ring (bicyclic) bond motifs is 1. The fraction of sp³-hybridized carbons (Fsp3) is 0.467. The SMILES string of the molecule is CC(=CC(=O)O)c1ccc2c(n1)C(C)CCC2C. The molecule has 0 aliphatic heterocycles. The number of allylic oxidation sites excluding steroid dienone is 1. The molecule has 0 saturated heterocycles. The van der Waals surface area contributed by atoms with Gasteiger partial charge in [-0.1, -0.05) is 19.9 Å². The van der Waals surface area contributed by atoms with Crippen LogP contribution in [0.25, 0.3) is 5.57 Å². The molecule has 0 fully saturated rings. The lowest BCUT2D eigenvalue weighted by Gasteiger charge is -2.26. The van der Waals surface area contributed by atoms with E-state index in [1.807, 2.05) is 6.07 Å². The molecule has 2 unspecified atom stereocenters. The zero-order valence-corrected chi connectivity index (χ0v) is 11.1. The highest BCUT2D eigenvalue weighted by atomic mass is 16.4. The lowest BCUT2D eigenvalue weighted by atomic mass is 9.81. The summed E-state index contributed by atoms with van der Waals surface area (Å²) in [6.07, 6.45) is 3.58. The van der Waals surface area contributed by atoms with Crippen molar-refractivity contribution in [3.05, 3.63) is 35.2 Å². The number of aliphatic carboxylic acids is 1. The van der Waals surface area contributed by atoms with Gasteiger partial charge in [-0.05, 0) is 48.8 Å². The number of carbonyl (C=O) groups is 1. The molecular weight excluding hydrogens is 226 g/mol. The number of pyridine rings is 1. The van der Waals surface area contributed by atoms with Crippen LogP contribution in [0.15, 0.2) is 18.2 Å². The van der Waals surface area contributed by atoms with Crippen LogP contribution in [-0.2, 0) is 4.79 Å². The van der Waals surface area contributed by atoms with E-state index in [-0.39, 0.29) is 0 Å². The Balaban J connectivity index is 2.43. The summed E-state index contributed by atoms with van der Waals surface area (Å²) in [6.45, 7) is 6.21. The van der Waals surface area contributed by atoms with Crippen LogP contribution in [0, 0.1) is 0 Å². The second-order valence-corrected chi connectivity index (χ2v) is 5.22. The first-order chi connectivity index (χ1) is 8.49. The van der Waals surface area contributed by atoms with E-state index in [0.717, 1.165) is 17.8 Å². The Morgan fingerprint density at radius 1 is 1.33 bits per heavy atom. The lowest BCUT2D eigenvalue weighted by molar-refractivity contribution is -0.131. The molecule has 0 amide bonds. The average Bonchev–Trinajstić information content (AvgIpc) is 2.33. The van der Waals surface area contributed by atoms with Gasteiger partial charge in [-0.3, -0.25) is 4.98 Å². The number of aromatic nitrogens is 1. The zero-order valence-electron chi connectivity index (χ0n) is 11.1. The Hall–Kier alpha value is -1.64. The second kappa shape index (κ2) is 4.92. The maximum atomic E-state index is 10.7. The molecule has 1 aliphatic rings. The highest BCUT2D eigenvalue weighted by molar-refractivity contribution is 5.88. The minimum absolute atomic E-state index is 0.466. The molecule has 0 aromatic carbocycles. The smallest absolute Gasteiger partial charge is 0.328 e. The van der Waals surface area contributed by atoms with Crippen molar-refractivity contribution in [3.8, 4) is 0 Å². The van der Waals surface area contributed by atoms with Crippen molar-refractivity contribution < 1.29 is 9.90 Å². The van der Waals surface area contributed by atoms with Crippen LogP contribution in [0.4, 0.5) is 0 Å². The van der Waals surface area contributed by atoms with Crippen LogP contribution in [-0.4, -0.2) is 16.1 Å². The van der Waals surface area contributed by atoms with Gasteiger partial charge in [-0.25, -0.2) is 4.79 Å². The largest absolute Gasteiger partial charge is 0.478 e. The van der Waals surface area contributed by atoms with Gasteiger partial charge in [-0.2, -0.15) is 0 Å². The minimum atomic E-state index is -0.923. The van der Waals surface area contributed by atoms with Crippen molar-refractivity contribution in [2.75, 3.05) is 0 Å². The van der Waals surface area contributed by atoms with Gasteiger partial charge >= 0.3 is 5.97 Å². The van der Waals surface area contributed by atoms with Crippen molar-refractivity contribution in [1.29, 1.82) is 0 Å². The number of carboxylic acid groups (broad SMARTS) is 1. The fourth-order valence-electron chi connectivity index (χ4n) is 2.57. The van der Waals surface area contributed by atoms with Crippen LogP contribution in [0.1, 0.15) is 62.4 Å². The molecule has 0 spiro atoms. The zero-order chi connectivity index (χ0) is 13.3. The van der Waals surface area contributed by atoms with Gasteiger partial charge in [-0.15, -0.1) is 0 Å². The second-order valence-electron chi connectivity index (χ2n) is 5.22. The normalized spacial score (nSPS) is 23.6. The van der Waals surface area contributed by atoms with Crippen molar-refractivity contribution in [1.82, 2.24) is 4.98 Å². The number of nitrogens with zero attached hydrogens (tertiary/aromatic N) is 1. The standard InChI is InChI=1S/C15H19NO2/c1-9-4-5-10(2)15-12(9)6-7-13(16-15)11(3)8-14(17)18/h6-10H,4-5H2,1-3H3,(H,17,18). The summed E-state index contributed by atoms with van der Waals surface area (Å²) in [6, 6.07) is 4.04. The molecule has 96 valence electrons. The summed E-state index contributed by atoms with van der Waals surface area (Å²) < 4.78 is 0. The Kier molecular flexibility index (Phi) is 3.50. The molecule has 0 radical (unpaired) electrons. The summed E-state index contributed by atoms with van der Waals surface area (Å²) in [7, 11) is 0. The van der Waals surface area contributed by atoms with Crippen LogP contribution in [0.5, 0.6) is 0 Å². The van der Waals surface area contributed by atoms with Gasteiger partial charge in [0.05, 0.1) is 5.69 Å². The maximum Gasteiger partial charge on any atom is 0.328 e. The topological polar surface area (TPSA) is 50.2 Å². The van der Waals surface area contributed by atoms with E-state index in [4.69, 9.17) is 5.11 Å². The molecular formula is C15H19NO2. The molecule has 2 rings (SSSR count). The highest BCUT2D eigenvalue weighted by Gasteiger charge is 2.23. The molecule has 1 N–H and O–H groups in total. The third-order valence-corrected chi connectivity index (χ3v) is 3.73.